The van der Waals surface area contributed by atoms with Crippen molar-refractivity contribution in [1.82, 2.24) is 9.88 Å². The van der Waals surface area contributed by atoms with E-state index in [1.807, 2.05) is 0 Å². The number of rotatable bonds is 2. The van der Waals surface area contributed by atoms with E-state index in [-0.39, 0.29) is 25.3 Å². The highest BCUT2D eigenvalue weighted by molar-refractivity contribution is 5.27. The van der Waals surface area contributed by atoms with Crippen LogP contribution in [0.4, 0.5) is 13.2 Å². The predicted molar refractivity (Wildman–Crippen MR) is 64.7 cm³/mol. The molecule has 1 saturated heterocycles. The summed E-state index contributed by atoms with van der Waals surface area (Å²) in [5, 5.41) is 9.68. The van der Waals surface area contributed by atoms with Crippen LogP contribution in [0.5, 0.6) is 5.75 Å². The lowest BCUT2D eigenvalue weighted by Gasteiger charge is -2.33. The summed E-state index contributed by atoms with van der Waals surface area (Å²) in [6, 6.07) is 3.20. The molecule has 0 aromatic carbocycles. The van der Waals surface area contributed by atoms with Gasteiger partial charge in [-0.2, -0.15) is 13.2 Å². The summed E-state index contributed by atoms with van der Waals surface area (Å²) < 4.78 is 38.1. The van der Waals surface area contributed by atoms with Crippen LogP contribution in [0.25, 0.3) is 0 Å². The van der Waals surface area contributed by atoms with E-state index in [1.54, 1.807) is 17.9 Å². The van der Waals surface area contributed by atoms with Gasteiger partial charge in [0.2, 0.25) is 0 Å². The molecule has 1 unspecified atom stereocenters. The molecule has 1 N–H and O–H groups in total. The van der Waals surface area contributed by atoms with Gasteiger partial charge < -0.3 is 5.11 Å². The molecule has 0 bridgehead atoms. The molecule has 2 rings (SSSR count). The molecule has 1 atom stereocenters. The number of pyridine rings is 1. The van der Waals surface area contributed by atoms with Crippen LogP contribution in [0.1, 0.15) is 24.2 Å². The molecule has 1 fully saturated rings. The fourth-order valence-electron chi connectivity index (χ4n) is 2.40. The van der Waals surface area contributed by atoms with Gasteiger partial charge in [0.25, 0.3) is 0 Å². The van der Waals surface area contributed by atoms with E-state index in [0.29, 0.717) is 18.7 Å². The van der Waals surface area contributed by atoms with Gasteiger partial charge in [-0.05, 0) is 38.4 Å². The fourth-order valence-corrected chi connectivity index (χ4v) is 2.40. The summed E-state index contributed by atoms with van der Waals surface area (Å²) in [4.78, 5) is 5.89. The maximum absolute atomic E-state index is 12.7. The third-order valence-electron chi connectivity index (χ3n) is 3.43. The van der Waals surface area contributed by atoms with Crippen molar-refractivity contribution in [2.24, 2.45) is 5.92 Å². The highest BCUT2D eigenvalue weighted by atomic mass is 19.4. The van der Waals surface area contributed by atoms with Crippen molar-refractivity contribution in [3.63, 3.8) is 0 Å². The first-order chi connectivity index (χ1) is 8.86. The van der Waals surface area contributed by atoms with Crippen molar-refractivity contribution in [2.45, 2.75) is 32.5 Å². The zero-order valence-corrected chi connectivity index (χ0v) is 10.7. The van der Waals surface area contributed by atoms with E-state index < -0.39 is 12.1 Å². The molecule has 2 heterocycles. The van der Waals surface area contributed by atoms with Gasteiger partial charge in [0, 0.05) is 18.8 Å². The van der Waals surface area contributed by atoms with Crippen LogP contribution < -0.4 is 0 Å². The molecule has 106 valence electrons. The van der Waals surface area contributed by atoms with Crippen LogP contribution in [-0.4, -0.2) is 34.3 Å². The Balaban J connectivity index is 2.05. The minimum Gasteiger partial charge on any atom is -0.506 e. The van der Waals surface area contributed by atoms with Gasteiger partial charge in [-0.25, -0.2) is 0 Å². The molecule has 19 heavy (non-hydrogen) atoms. The Hall–Kier alpha value is -1.30. The third-order valence-corrected chi connectivity index (χ3v) is 3.43. The number of aryl methyl sites for hydroxylation is 1. The number of hydrogen-bond donors (Lipinski definition) is 1. The Bertz CT molecular complexity index is 448. The van der Waals surface area contributed by atoms with Crippen LogP contribution in [0.3, 0.4) is 0 Å². The molecule has 1 aromatic heterocycles. The summed E-state index contributed by atoms with van der Waals surface area (Å²) in [6.45, 7) is 2.65. The lowest BCUT2D eigenvalue weighted by atomic mass is 9.97. The first-order valence-electron chi connectivity index (χ1n) is 6.31. The Morgan fingerprint density at radius 1 is 1.42 bits per heavy atom. The van der Waals surface area contributed by atoms with E-state index in [4.69, 9.17) is 0 Å². The Kier molecular flexibility index (Phi) is 3.99. The lowest BCUT2D eigenvalue weighted by molar-refractivity contribution is -0.187. The molecular weight excluding hydrogens is 257 g/mol. The summed E-state index contributed by atoms with van der Waals surface area (Å²) in [5.41, 5.74) is 1.19. The second-order valence-electron chi connectivity index (χ2n) is 5.03. The van der Waals surface area contributed by atoms with E-state index in [1.165, 1.54) is 6.07 Å². The monoisotopic (exact) mass is 274 g/mol. The number of alkyl halides is 3. The first-order valence-corrected chi connectivity index (χ1v) is 6.31. The Morgan fingerprint density at radius 3 is 2.84 bits per heavy atom. The average molecular weight is 274 g/mol. The van der Waals surface area contributed by atoms with Gasteiger partial charge >= 0.3 is 6.18 Å². The summed E-state index contributed by atoms with van der Waals surface area (Å²) in [5.74, 6) is -1.23. The number of nitrogens with zero attached hydrogens (tertiary/aromatic N) is 2. The molecule has 0 amide bonds. The second-order valence-corrected chi connectivity index (χ2v) is 5.03. The average Bonchev–Trinajstić information content (AvgIpc) is 2.33. The van der Waals surface area contributed by atoms with Gasteiger partial charge in [0.1, 0.15) is 5.75 Å². The van der Waals surface area contributed by atoms with Crippen molar-refractivity contribution in [1.29, 1.82) is 0 Å². The molecule has 0 spiro atoms. The SMILES string of the molecule is Cc1ccc(O)c(CN2CCCC(C(F)(F)F)C2)n1. The van der Waals surface area contributed by atoms with Crippen molar-refractivity contribution < 1.29 is 18.3 Å². The quantitative estimate of drug-likeness (QED) is 0.901. The Labute approximate surface area is 110 Å². The van der Waals surface area contributed by atoms with Gasteiger partial charge in [-0.3, -0.25) is 9.88 Å². The third kappa shape index (κ3) is 3.59. The van der Waals surface area contributed by atoms with Gasteiger partial charge in [-0.15, -0.1) is 0 Å². The maximum Gasteiger partial charge on any atom is 0.393 e. The second kappa shape index (κ2) is 5.36. The molecular formula is C13H17F3N2O. The van der Waals surface area contributed by atoms with Gasteiger partial charge in [0.05, 0.1) is 11.6 Å². The molecule has 1 aliphatic rings. The van der Waals surface area contributed by atoms with Gasteiger partial charge in [0.15, 0.2) is 0 Å². The van der Waals surface area contributed by atoms with Crippen LogP contribution in [-0.2, 0) is 6.54 Å². The van der Waals surface area contributed by atoms with Crippen molar-refractivity contribution in [3.05, 3.63) is 23.5 Å². The predicted octanol–water partition coefficient (Wildman–Crippen LogP) is 2.87. The molecule has 0 saturated carbocycles. The van der Waals surface area contributed by atoms with E-state index >= 15 is 0 Å². The zero-order valence-electron chi connectivity index (χ0n) is 10.7. The summed E-state index contributed by atoms with van der Waals surface area (Å²) >= 11 is 0. The van der Waals surface area contributed by atoms with Crippen LogP contribution in [0.15, 0.2) is 12.1 Å². The standard InChI is InChI=1S/C13H17F3N2O/c1-9-4-5-12(19)11(17-9)8-18-6-2-3-10(7-18)13(14,15)16/h4-5,10,19H,2-3,6-8H2,1H3. The lowest BCUT2D eigenvalue weighted by Crippen LogP contribution is -2.41. The number of piperidine rings is 1. The molecule has 3 nitrogen and oxygen atoms in total. The smallest absolute Gasteiger partial charge is 0.393 e. The first kappa shape index (κ1) is 14.1. The van der Waals surface area contributed by atoms with Crippen LogP contribution in [0, 0.1) is 12.8 Å². The topological polar surface area (TPSA) is 36.4 Å². The minimum atomic E-state index is -4.14. The van der Waals surface area contributed by atoms with Gasteiger partial charge in [-0.1, -0.05) is 0 Å². The number of halogens is 3. The molecule has 1 aliphatic heterocycles. The highest BCUT2D eigenvalue weighted by Crippen LogP contribution is 2.33. The number of likely N-dealkylation sites (tertiary alicyclic amines) is 1. The van der Waals surface area contributed by atoms with Crippen molar-refractivity contribution >= 4 is 0 Å². The molecule has 1 aromatic rings. The molecule has 0 radical (unpaired) electrons. The summed E-state index contributed by atoms with van der Waals surface area (Å²) in [6.07, 6.45) is -3.43. The minimum absolute atomic E-state index is 0.0153. The number of aromatic hydroxyl groups is 1. The molecule has 6 heteroatoms. The van der Waals surface area contributed by atoms with Crippen LogP contribution in [0.2, 0.25) is 0 Å². The summed E-state index contributed by atoms with van der Waals surface area (Å²) in [7, 11) is 0. The van der Waals surface area contributed by atoms with Crippen molar-refractivity contribution in [2.75, 3.05) is 13.1 Å². The maximum atomic E-state index is 12.7. The number of hydrogen-bond acceptors (Lipinski definition) is 3. The fraction of sp³-hybridized carbons (Fsp3) is 0.615. The van der Waals surface area contributed by atoms with E-state index in [2.05, 4.69) is 4.98 Å². The highest BCUT2D eigenvalue weighted by Gasteiger charge is 2.41. The van der Waals surface area contributed by atoms with Crippen molar-refractivity contribution in [3.8, 4) is 5.75 Å². The van der Waals surface area contributed by atoms with E-state index in [9.17, 15) is 18.3 Å². The van der Waals surface area contributed by atoms with Crippen LogP contribution >= 0.6 is 0 Å². The zero-order chi connectivity index (χ0) is 14.0. The number of aromatic nitrogens is 1. The normalized spacial score (nSPS) is 21.6. The Morgan fingerprint density at radius 2 is 2.16 bits per heavy atom. The largest absolute Gasteiger partial charge is 0.506 e. The molecule has 0 aliphatic carbocycles. The van der Waals surface area contributed by atoms with E-state index in [0.717, 1.165) is 5.69 Å².